The van der Waals surface area contributed by atoms with Crippen molar-refractivity contribution in [3.8, 4) is 0 Å². The highest BCUT2D eigenvalue weighted by molar-refractivity contribution is 5.47. The van der Waals surface area contributed by atoms with Gasteiger partial charge in [-0.1, -0.05) is 0 Å². The van der Waals surface area contributed by atoms with Crippen LogP contribution in [0.25, 0.3) is 5.65 Å². The molecule has 0 radical (unpaired) electrons. The first-order chi connectivity index (χ1) is 12.8. The summed E-state index contributed by atoms with van der Waals surface area (Å²) in [4.78, 5) is 6.35. The number of aryl methyl sites for hydroxylation is 1. The standard InChI is InChI=1S/C17H23N9/c1-23-18-11-14(21-23)12-24-9-5-13(6-10-24)17-20-19-15-3-4-16(22-26(15)17)25-7-2-8-25/h3-4,11,13H,2,5-10,12H2,1H3. The smallest absolute Gasteiger partial charge is 0.178 e. The molecule has 0 aliphatic carbocycles. The normalized spacial score (nSPS) is 19.2. The quantitative estimate of drug-likeness (QED) is 0.688. The topological polar surface area (TPSA) is 80.3 Å². The Bertz CT molecular complexity index is 902. The Morgan fingerprint density at radius 2 is 1.88 bits per heavy atom. The summed E-state index contributed by atoms with van der Waals surface area (Å²) in [7, 11) is 1.85. The number of nitrogens with zero attached hydrogens (tertiary/aromatic N) is 9. The van der Waals surface area contributed by atoms with Crippen LogP contribution in [0.4, 0.5) is 5.82 Å². The molecule has 9 nitrogen and oxygen atoms in total. The predicted molar refractivity (Wildman–Crippen MR) is 95.9 cm³/mol. The number of rotatable bonds is 4. The van der Waals surface area contributed by atoms with Crippen LogP contribution in [0.1, 0.15) is 36.7 Å². The molecule has 9 heteroatoms. The zero-order valence-electron chi connectivity index (χ0n) is 15.0. The van der Waals surface area contributed by atoms with Gasteiger partial charge in [-0.25, -0.2) is 0 Å². The van der Waals surface area contributed by atoms with E-state index in [1.165, 1.54) is 6.42 Å². The second-order valence-electron chi connectivity index (χ2n) is 7.24. The van der Waals surface area contributed by atoms with Crippen molar-refractivity contribution in [1.82, 2.24) is 39.7 Å². The van der Waals surface area contributed by atoms with Crippen LogP contribution in [0.15, 0.2) is 18.3 Å². The van der Waals surface area contributed by atoms with Gasteiger partial charge in [0.15, 0.2) is 11.5 Å². The number of anilines is 1. The van der Waals surface area contributed by atoms with E-state index in [4.69, 9.17) is 5.10 Å². The highest BCUT2D eigenvalue weighted by Gasteiger charge is 2.26. The summed E-state index contributed by atoms with van der Waals surface area (Å²) >= 11 is 0. The molecule has 2 aliphatic rings. The molecule has 0 spiro atoms. The van der Waals surface area contributed by atoms with Gasteiger partial charge < -0.3 is 4.90 Å². The number of hydrogen-bond donors (Lipinski definition) is 0. The van der Waals surface area contributed by atoms with E-state index >= 15 is 0 Å². The molecule has 0 amide bonds. The largest absolute Gasteiger partial charge is 0.355 e. The highest BCUT2D eigenvalue weighted by atomic mass is 15.5. The van der Waals surface area contributed by atoms with Gasteiger partial charge in [0.25, 0.3) is 0 Å². The van der Waals surface area contributed by atoms with Gasteiger partial charge in [0.2, 0.25) is 0 Å². The third-order valence-electron chi connectivity index (χ3n) is 5.44. The van der Waals surface area contributed by atoms with Crippen molar-refractivity contribution in [3.63, 3.8) is 0 Å². The molecule has 0 saturated carbocycles. The first-order valence-electron chi connectivity index (χ1n) is 9.31. The minimum Gasteiger partial charge on any atom is -0.355 e. The summed E-state index contributed by atoms with van der Waals surface area (Å²) < 4.78 is 1.96. The van der Waals surface area contributed by atoms with E-state index in [2.05, 4.69) is 36.3 Å². The molecule has 2 saturated heterocycles. The fourth-order valence-electron chi connectivity index (χ4n) is 3.80. The van der Waals surface area contributed by atoms with Crippen LogP contribution in [0, 0.1) is 0 Å². The van der Waals surface area contributed by atoms with E-state index in [1.807, 2.05) is 23.8 Å². The van der Waals surface area contributed by atoms with Crippen molar-refractivity contribution in [1.29, 1.82) is 0 Å². The molecule has 0 bridgehead atoms. The Balaban J connectivity index is 1.30. The van der Waals surface area contributed by atoms with Crippen molar-refractivity contribution in [2.24, 2.45) is 7.05 Å². The molecular weight excluding hydrogens is 330 g/mol. The SMILES string of the molecule is Cn1ncc(CN2CCC(c3nnc4ccc(N5CCC5)nn34)CC2)n1. The van der Waals surface area contributed by atoms with Crippen molar-refractivity contribution in [2.75, 3.05) is 31.1 Å². The lowest BCUT2D eigenvalue weighted by molar-refractivity contribution is 0.198. The van der Waals surface area contributed by atoms with E-state index < -0.39 is 0 Å². The van der Waals surface area contributed by atoms with Crippen LogP contribution in [0.3, 0.4) is 0 Å². The Morgan fingerprint density at radius 3 is 2.58 bits per heavy atom. The van der Waals surface area contributed by atoms with Gasteiger partial charge in [0.1, 0.15) is 5.82 Å². The number of likely N-dealkylation sites (tertiary alicyclic amines) is 1. The highest BCUT2D eigenvalue weighted by Crippen LogP contribution is 2.28. The average molecular weight is 353 g/mol. The summed E-state index contributed by atoms with van der Waals surface area (Å²) in [6.45, 7) is 5.11. The maximum Gasteiger partial charge on any atom is 0.178 e. The fourth-order valence-corrected chi connectivity index (χ4v) is 3.80. The second-order valence-corrected chi connectivity index (χ2v) is 7.24. The lowest BCUT2D eigenvalue weighted by Gasteiger charge is -2.32. The lowest BCUT2D eigenvalue weighted by atomic mass is 9.96. The first kappa shape index (κ1) is 15.7. The van der Waals surface area contributed by atoms with Gasteiger partial charge in [-0.05, 0) is 44.5 Å². The van der Waals surface area contributed by atoms with Crippen molar-refractivity contribution in [3.05, 3.63) is 29.8 Å². The van der Waals surface area contributed by atoms with Crippen LogP contribution >= 0.6 is 0 Å². The molecule has 2 aliphatic heterocycles. The maximum absolute atomic E-state index is 4.80. The zero-order chi connectivity index (χ0) is 17.5. The van der Waals surface area contributed by atoms with Crippen LogP contribution < -0.4 is 4.90 Å². The molecule has 3 aromatic heterocycles. The summed E-state index contributed by atoms with van der Waals surface area (Å²) in [5, 5.41) is 22.1. The summed E-state index contributed by atoms with van der Waals surface area (Å²) in [6, 6.07) is 4.08. The molecule has 0 N–H and O–H groups in total. The number of hydrogen-bond acceptors (Lipinski definition) is 7. The van der Waals surface area contributed by atoms with E-state index in [-0.39, 0.29) is 0 Å². The maximum atomic E-state index is 4.80. The van der Waals surface area contributed by atoms with Crippen molar-refractivity contribution in [2.45, 2.75) is 31.7 Å². The molecule has 0 atom stereocenters. The van der Waals surface area contributed by atoms with Gasteiger partial charge in [-0.3, -0.25) is 4.90 Å². The molecule has 136 valence electrons. The van der Waals surface area contributed by atoms with Crippen LogP contribution in [0.2, 0.25) is 0 Å². The summed E-state index contributed by atoms with van der Waals surface area (Å²) in [6.07, 6.45) is 5.23. The Hall–Kier alpha value is -2.55. The molecular formula is C17H23N9. The molecule has 0 unspecified atom stereocenters. The number of aromatic nitrogens is 7. The monoisotopic (exact) mass is 353 g/mol. The zero-order valence-corrected chi connectivity index (χ0v) is 15.0. The molecule has 0 aromatic carbocycles. The van der Waals surface area contributed by atoms with Gasteiger partial charge >= 0.3 is 0 Å². The van der Waals surface area contributed by atoms with Crippen molar-refractivity contribution < 1.29 is 0 Å². The van der Waals surface area contributed by atoms with E-state index in [0.29, 0.717) is 5.92 Å². The van der Waals surface area contributed by atoms with E-state index in [0.717, 1.165) is 68.5 Å². The minimum atomic E-state index is 0.405. The molecule has 26 heavy (non-hydrogen) atoms. The molecule has 5 rings (SSSR count). The van der Waals surface area contributed by atoms with Crippen molar-refractivity contribution >= 4 is 11.5 Å². The summed E-state index contributed by atoms with van der Waals surface area (Å²) in [5.41, 5.74) is 1.87. The number of piperidine rings is 1. The van der Waals surface area contributed by atoms with Gasteiger partial charge in [0, 0.05) is 32.6 Å². The van der Waals surface area contributed by atoms with Gasteiger partial charge in [0.05, 0.1) is 11.9 Å². The van der Waals surface area contributed by atoms with Crippen LogP contribution in [-0.4, -0.2) is 65.9 Å². The average Bonchev–Trinajstić information content (AvgIpc) is 3.20. The van der Waals surface area contributed by atoms with Gasteiger partial charge in [-0.2, -0.15) is 19.5 Å². The third-order valence-corrected chi connectivity index (χ3v) is 5.44. The first-order valence-corrected chi connectivity index (χ1v) is 9.31. The molecule has 5 heterocycles. The van der Waals surface area contributed by atoms with Crippen LogP contribution in [-0.2, 0) is 13.6 Å². The summed E-state index contributed by atoms with van der Waals surface area (Å²) in [5.74, 6) is 2.44. The minimum absolute atomic E-state index is 0.405. The Labute approximate surface area is 151 Å². The molecule has 3 aromatic rings. The Kier molecular flexibility index (Phi) is 3.81. The van der Waals surface area contributed by atoms with E-state index in [9.17, 15) is 0 Å². The third kappa shape index (κ3) is 2.82. The molecule has 2 fully saturated rings. The second kappa shape index (κ2) is 6.31. The number of fused-ring (bicyclic) bond motifs is 1. The van der Waals surface area contributed by atoms with Crippen LogP contribution in [0.5, 0.6) is 0 Å². The predicted octanol–water partition coefficient (Wildman–Crippen LogP) is 0.843. The lowest BCUT2D eigenvalue weighted by Crippen LogP contribution is -2.38. The Morgan fingerprint density at radius 1 is 1.04 bits per heavy atom. The van der Waals surface area contributed by atoms with E-state index in [1.54, 1.807) is 4.80 Å². The van der Waals surface area contributed by atoms with Gasteiger partial charge in [-0.15, -0.1) is 15.3 Å². The fraction of sp³-hybridized carbons (Fsp3) is 0.588.